The van der Waals surface area contributed by atoms with Crippen molar-refractivity contribution in [2.45, 2.75) is 25.4 Å². The molecule has 2 aromatic rings. The lowest BCUT2D eigenvalue weighted by Crippen LogP contribution is -2.29. The number of aromatic nitrogens is 4. The van der Waals surface area contributed by atoms with E-state index in [0.717, 1.165) is 0 Å². The summed E-state index contributed by atoms with van der Waals surface area (Å²) in [6.07, 6.45) is -0.704. The van der Waals surface area contributed by atoms with Gasteiger partial charge in [0.25, 0.3) is 0 Å². The van der Waals surface area contributed by atoms with Crippen LogP contribution in [0, 0.1) is 5.92 Å². The van der Waals surface area contributed by atoms with Gasteiger partial charge in [-0.3, -0.25) is 4.57 Å². The molecule has 0 unspecified atom stereocenters. The number of hydrogen-bond acceptors (Lipinski definition) is 7. The second-order valence-electron chi connectivity index (χ2n) is 5.04. The molecule has 0 aromatic carbocycles. The van der Waals surface area contributed by atoms with E-state index in [4.69, 9.17) is 26.8 Å². The van der Waals surface area contributed by atoms with Crippen LogP contribution < -0.4 is 5.73 Å². The van der Waals surface area contributed by atoms with Crippen molar-refractivity contribution in [3.05, 3.63) is 11.5 Å². The van der Waals surface area contributed by atoms with Crippen molar-refractivity contribution >= 4 is 34.7 Å². The van der Waals surface area contributed by atoms with Gasteiger partial charge in [0.05, 0.1) is 6.33 Å². The minimum absolute atomic E-state index is 0.00551. The molecule has 3 N–H and O–H groups in total. The van der Waals surface area contributed by atoms with Crippen molar-refractivity contribution in [1.29, 1.82) is 0 Å². The predicted octanol–water partition coefficient (Wildman–Crippen LogP) is 0.695. The summed E-state index contributed by atoms with van der Waals surface area (Å²) in [5.41, 5.74) is 6.33. The Morgan fingerprint density at radius 2 is 2.27 bits per heavy atom. The van der Waals surface area contributed by atoms with Gasteiger partial charge < -0.3 is 20.3 Å². The molecule has 0 amide bonds. The molecule has 0 radical (unpaired) electrons. The smallest absolute Gasteiger partial charge is 0.333 e. The largest absolute Gasteiger partial charge is 0.479 e. The number of nitrogens with zero attached hydrogens (tertiary/aromatic N) is 4. The number of nitrogens with two attached hydrogens (primary N) is 1. The highest BCUT2D eigenvalue weighted by atomic mass is 35.5. The Labute approximate surface area is 130 Å². The van der Waals surface area contributed by atoms with Crippen LogP contribution in [0.2, 0.25) is 5.15 Å². The normalized spacial score (nSPS) is 28.3. The van der Waals surface area contributed by atoms with Crippen LogP contribution in [-0.4, -0.2) is 49.9 Å². The molecule has 3 rings (SSSR count). The van der Waals surface area contributed by atoms with E-state index in [9.17, 15) is 9.90 Å². The minimum Gasteiger partial charge on any atom is -0.479 e. The van der Waals surface area contributed by atoms with Crippen LogP contribution >= 0.6 is 11.6 Å². The number of hydrogen-bond donors (Lipinski definition) is 2. The molecule has 1 aliphatic rings. The van der Waals surface area contributed by atoms with E-state index in [0.29, 0.717) is 11.2 Å². The molecule has 9 nitrogen and oxygen atoms in total. The van der Waals surface area contributed by atoms with E-state index in [1.54, 1.807) is 11.5 Å². The summed E-state index contributed by atoms with van der Waals surface area (Å²) in [5, 5.41) is 9.36. The maximum Gasteiger partial charge on any atom is 0.333 e. The van der Waals surface area contributed by atoms with Crippen molar-refractivity contribution in [2.24, 2.45) is 5.92 Å². The molecular weight excluding hydrogens is 314 g/mol. The number of rotatable bonds is 3. The molecule has 0 aliphatic carbocycles. The molecule has 118 valence electrons. The molecular formula is C12H14ClN5O4. The van der Waals surface area contributed by atoms with Gasteiger partial charge in [0.1, 0.15) is 11.6 Å². The number of carbonyl (C=O) groups is 1. The zero-order chi connectivity index (χ0) is 16.0. The highest BCUT2D eigenvalue weighted by molar-refractivity contribution is 6.33. The van der Waals surface area contributed by atoms with Gasteiger partial charge in [-0.1, -0.05) is 18.5 Å². The number of carboxylic acid groups (broad SMARTS) is 1. The van der Waals surface area contributed by atoms with Crippen LogP contribution in [-0.2, 0) is 14.3 Å². The van der Waals surface area contributed by atoms with E-state index < -0.39 is 24.4 Å². The number of imidazole rings is 1. The molecule has 0 spiro atoms. The van der Waals surface area contributed by atoms with Gasteiger partial charge >= 0.3 is 5.97 Å². The van der Waals surface area contributed by atoms with E-state index in [1.807, 2.05) is 0 Å². The van der Waals surface area contributed by atoms with Crippen molar-refractivity contribution in [3.8, 4) is 0 Å². The number of aliphatic carboxylic acids is 1. The average molecular weight is 328 g/mol. The number of ether oxygens (including phenoxy) is 2. The second kappa shape index (κ2) is 5.34. The van der Waals surface area contributed by atoms with E-state index in [1.165, 1.54) is 13.4 Å². The maximum absolute atomic E-state index is 11.3. The second-order valence-corrected chi connectivity index (χ2v) is 5.40. The Hall–Kier alpha value is -1.97. The van der Waals surface area contributed by atoms with Gasteiger partial charge in [-0.15, -0.1) is 0 Å². The minimum atomic E-state index is -1.05. The first-order valence-corrected chi connectivity index (χ1v) is 6.88. The summed E-state index contributed by atoms with van der Waals surface area (Å²) < 4.78 is 12.6. The summed E-state index contributed by atoms with van der Waals surface area (Å²) in [6, 6.07) is 0. The molecule has 3 heterocycles. The number of nitrogen functional groups attached to an aromatic ring is 1. The summed E-state index contributed by atoms with van der Waals surface area (Å²) in [5.74, 6) is -1.40. The first-order valence-electron chi connectivity index (χ1n) is 6.50. The SMILES string of the molecule is CO[C@@H]1[C@H](C)[C@@H](C(=O)O)O[C@H]1n1cnc2c(Cl)nc(N)nc21. The van der Waals surface area contributed by atoms with Gasteiger partial charge in [-0.25, -0.2) is 9.78 Å². The van der Waals surface area contributed by atoms with Crippen LogP contribution in [0.3, 0.4) is 0 Å². The average Bonchev–Trinajstić information content (AvgIpc) is 2.99. The van der Waals surface area contributed by atoms with Gasteiger partial charge in [0.2, 0.25) is 5.95 Å². The van der Waals surface area contributed by atoms with Crippen molar-refractivity contribution in [1.82, 2.24) is 19.5 Å². The summed E-state index contributed by atoms with van der Waals surface area (Å²) in [6.45, 7) is 1.75. The zero-order valence-corrected chi connectivity index (χ0v) is 12.6. The zero-order valence-electron chi connectivity index (χ0n) is 11.8. The Morgan fingerprint density at radius 1 is 1.55 bits per heavy atom. The Bertz CT molecular complexity index is 736. The third-order valence-corrected chi connectivity index (χ3v) is 4.01. The van der Waals surface area contributed by atoms with Crippen LogP contribution in [0.1, 0.15) is 13.2 Å². The summed E-state index contributed by atoms with van der Waals surface area (Å²) in [4.78, 5) is 23.4. The molecule has 10 heteroatoms. The first kappa shape index (κ1) is 14.9. The molecule has 22 heavy (non-hydrogen) atoms. The standard InChI is InChI=1S/C12H14ClN5O4/c1-4-6(21-2)10(22-7(4)11(19)20)18-3-15-5-8(13)16-12(14)17-9(5)18/h3-4,6-7,10H,1-2H3,(H,19,20)(H2,14,16,17)/t4-,6+,7-,10+/m0/s1. The number of carboxylic acids is 1. The van der Waals surface area contributed by atoms with Crippen LogP contribution in [0.5, 0.6) is 0 Å². The van der Waals surface area contributed by atoms with Crippen molar-refractivity contribution in [2.75, 3.05) is 12.8 Å². The lowest BCUT2D eigenvalue weighted by atomic mass is 10.0. The van der Waals surface area contributed by atoms with Crippen LogP contribution in [0.25, 0.3) is 11.2 Å². The lowest BCUT2D eigenvalue weighted by Gasteiger charge is -2.20. The van der Waals surface area contributed by atoms with E-state index >= 15 is 0 Å². The van der Waals surface area contributed by atoms with Gasteiger partial charge in [-0.05, 0) is 0 Å². The van der Waals surface area contributed by atoms with Crippen LogP contribution in [0.15, 0.2) is 6.33 Å². The van der Waals surface area contributed by atoms with Gasteiger partial charge in [-0.2, -0.15) is 9.97 Å². The van der Waals surface area contributed by atoms with E-state index in [2.05, 4.69) is 15.0 Å². The highest BCUT2D eigenvalue weighted by Crippen LogP contribution is 2.37. The monoisotopic (exact) mass is 327 g/mol. The lowest BCUT2D eigenvalue weighted by molar-refractivity contribution is -0.153. The molecule has 2 aromatic heterocycles. The van der Waals surface area contributed by atoms with Crippen molar-refractivity contribution < 1.29 is 19.4 Å². The topological polar surface area (TPSA) is 125 Å². The molecule has 4 atom stereocenters. The van der Waals surface area contributed by atoms with Gasteiger partial charge in [0.15, 0.2) is 23.1 Å². The maximum atomic E-state index is 11.3. The van der Waals surface area contributed by atoms with Crippen molar-refractivity contribution in [3.63, 3.8) is 0 Å². The Balaban J connectivity index is 2.09. The summed E-state index contributed by atoms with van der Waals surface area (Å²) in [7, 11) is 1.50. The summed E-state index contributed by atoms with van der Waals surface area (Å²) >= 11 is 5.99. The molecule has 0 bridgehead atoms. The fourth-order valence-corrected chi connectivity index (χ4v) is 2.93. The quantitative estimate of drug-likeness (QED) is 0.789. The Morgan fingerprint density at radius 3 is 2.91 bits per heavy atom. The fourth-order valence-electron chi connectivity index (χ4n) is 2.71. The van der Waals surface area contributed by atoms with Crippen LogP contribution in [0.4, 0.5) is 5.95 Å². The third kappa shape index (κ3) is 2.18. The highest BCUT2D eigenvalue weighted by Gasteiger charge is 2.47. The molecule has 0 saturated carbocycles. The predicted molar refractivity (Wildman–Crippen MR) is 76.3 cm³/mol. The number of halogens is 1. The number of methoxy groups -OCH3 is 1. The number of anilines is 1. The third-order valence-electron chi connectivity index (χ3n) is 3.75. The van der Waals surface area contributed by atoms with E-state index in [-0.39, 0.29) is 17.0 Å². The molecule has 1 aliphatic heterocycles. The van der Waals surface area contributed by atoms with Gasteiger partial charge in [0, 0.05) is 13.0 Å². The Kier molecular flexibility index (Phi) is 3.63. The fraction of sp³-hybridized carbons (Fsp3) is 0.500. The first-order chi connectivity index (χ1) is 10.4. The number of fused-ring (bicyclic) bond motifs is 1. The molecule has 1 saturated heterocycles. The molecule has 1 fully saturated rings.